The summed E-state index contributed by atoms with van der Waals surface area (Å²) in [5.41, 5.74) is 2.01. The molecule has 0 atom stereocenters. The number of nitrogens with one attached hydrogen (secondary N) is 1. The SMILES string of the molecule is Cc1ccc(S(=O)(=O)Nc2ccccn2)cc1C. The van der Waals surface area contributed by atoms with E-state index in [1.54, 1.807) is 36.4 Å². The molecule has 0 fully saturated rings. The molecule has 0 unspecified atom stereocenters. The highest BCUT2D eigenvalue weighted by molar-refractivity contribution is 7.92. The average molecular weight is 262 g/mol. The molecule has 1 N–H and O–H groups in total. The molecular formula is C13H14N2O2S. The van der Waals surface area contributed by atoms with Crippen LogP contribution in [0, 0.1) is 13.8 Å². The van der Waals surface area contributed by atoms with Crippen LogP contribution in [0.4, 0.5) is 5.82 Å². The normalized spacial score (nSPS) is 11.2. The Labute approximate surface area is 107 Å². The Bertz CT molecular complexity index is 652. The quantitative estimate of drug-likeness (QED) is 0.924. The maximum absolute atomic E-state index is 12.1. The Morgan fingerprint density at radius 3 is 2.44 bits per heavy atom. The van der Waals surface area contributed by atoms with Crippen molar-refractivity contribution in [1.29, 1.82) is 0 Å². The third kappa shape index (κ3) is 2.68. The van der Waals surface area contributed by atoms with Gasteiger partial charge < -0.3 is 0 Å². The molecule has 1 heterocycles. The van der Waals surface area contributed by atoms with Crippen LogP contribution in [0.1, 0.15) is 11.1 Å². The molecule has 2 rings (SSSR count). The number of hydrogen-bond acceptors (Lipinski definition) is 3. The van der Waals surface area contributed by atoms with Crippen molar-refractivity contribution in [2.45, 2.75) is 18.7 Å². The van der Waals surface area contributed by atoms with Crippen LogP contribution in [0.15, 0.2) is 47.5 Å². The van der Waals surface area contributed by atoms with Crippen molar-refractivity contribution in [2.24, 2.45) is 0 Å². The van der Waals surface area contributed by atoms with Crippen LogP contribution >= 0.6 is 0 Å². The molecule has 2 aromatic rings. The third-order valence-electron chi connectivity index (χ3n) is 2.69. The lowest BCUT2D eigenvalue weighted by Crippen LogP contribution is -2.14. The summed E-state index contributed by atoms with van der Waals surface area (Å²) in [6.45, 7) is 3.83. The fourth-order valence-corrected chi connectivity index (χ4v) is 2.59. The monoisotopic (exact) mass is 262 g/mol. The van der Waals surface area contributed by atoms with E-state index in [0.717, 1.165) is 11.1 Å². The summed E-state index contributed by atoms with van der Waals surface area (Å²) >= 11 is 0. The molecule has 1 aromatic heterocycles. The van der Waals surface area contributed by atoms with Gasteiger partial charge in [-0.15, -0.1) is 0 Å². The Kier molecular flexibility index (Phi) is 3.34. The largest absolute Gasteiger partial charge is 0.263 e. The molecule has 4 nitrogen and oxygen atoms in total. The summed E-state index contributed by atoms with van der Waals surface area (Å²) in [6.07, 6.45) is 1.54. The van der Waals surface area contributed by atoms with E-state index in [-0.39, 0.29) is 4.90 Å². The Morgan fingerprint density at radius 2 is 1.83 bits per heavy atom. The molecule has 0 aliphatic carbocycles. The zero-order valence-electron chi connectivity index (χ0n) is 10.2. The zero-order chi connectivity index (χ0) is 13.2. The molecule has 1 aromatic carbocycles. The van der Waals surface area contributed by atoms with Gasteiger partial charge in [0.25, 0.3) is 10.0 Å². The maximum Gasteiger partial charge on any atom is 0.263 e. The fraction of sp³-hybridized carbons (Fsp3) is 0.154. The number of rotatable bonds is 3. The first-order valence-electron chi connectivity index (χ1n) is 5.50. The van der Waals surface area contributed by atoms with E-state index in [0.29, 0.717) is 5.82 Å². The van der Waals surface area contributed by atoms with Crippen LogP contribution in [0.5, 0.6) is 0 Å². The van der Waals surface area contributed by atoms with Crippen LogP contribution in [0.25, 0.3) is 0 Å². The first-order chi connectivity index (χ1) is 8.49. The second-order valence-corrected chi connectivity index (χ2v) is 5.75. The maximum atomic E-state index is 12.1. The number of benzene rings is 1. The van der Waals surface area contributed by atoms with E-state index in [9.17, 15) is 8.42 Å². The number of hydrogen-bond donors (Lipinski definition) is 1. The van der Waals surface area contributed by atoms with Gasteiger partial charge in [0, 0.05) is 6.20 Å². The van der Waals surface area contributed by atoms with E-state index in [4.69, 9.17) is 0 Å². The zero-order valence-corrected chi connectivity index (χ0v) is 11.0. The highest BCUT2D eigenvalue weighted by Gasteiger charge is 2.14. The second kappa shape index (κ2) is 4.78. The molecule has 0 aliphatic heterocycles. The first kappa shape index (κ1) is 12.6. The Morgan fingerprint density at radius 1 is 1.06 bits per heavy atom. The van der Waals surface area contributed by atoms with Gasteiger partial charge in [-0.25, -0.2) is 13.4 Å². The Balaban J connectivity index is 2.34. The minimum atomic E-state index is -3.57. The Hall–Kier alpha value is -1.88. The number of nitrogens with zero attached hydrogens (tertiary/aromatic N) is 1. The van der Waals surface area contributed by atoms with Crippen LogP contribution in [0.2, 0.25) is 0 Å². The van der Waals surface area contributed by atoms with Crippen LogP contribution < -0.4 is 4.72 Å². The summed E-state index contributed by atoms with van der Waals surface area (Å²) in [6, 6.07) is 10.1. The van der Waals surface area contributed by atoms with E-state index in [1.165, 1.54) is 6.20 Å². The van der Waals surface area contributed by atoms with Gasteiger partial charge in [0.15, 0.2) is 0 Å². The molecule has 0 spiro atoms. The summed E-state index contributed by atoms with van der Waals surface area (Å²) in [4.78, 5) is 4.19. The molecule has 0 aliphatic rings. The number of anilines is 1. The summed E-state index contributed by atoms with van der Waals surface area (Å²) in [5, 5.41) is 0. The van der Waals surface area contributed by atoms with Crippen molar-refractivity contribution in [2.75, 3.05) is 4.72 Å². The van der Waals surface area contributed by atoms with Gasteiger partial charge in [-0.2, -0.15) is 0 Å². The highest BCUT2D eigenvalue weighted by Crippen LogP contribution is 2.17. The topological polar surface area (TPSA) is 59.1 Å². The average Bonchev–Trinajstić information content (AvgIpc) is 2.33. The van der Waals surface area contributed by atoms with Gasteiger partial charge in [-0.1, -0.05) is 12.1 Å². The summed E-state index contributed by atoms with van der Waals surface area (Å²) in [5.74, 6) is 0.315. The third-order valence-corrected chi connectivity index (χ3v) is 4.04. The van der Waals surface area contributed by atoms with Crippen LogP contribution in [-0.2, 0) is 10.0 Å². The van der Waals surface area contributed by atoms with Crippen LogP contribution in [0.3, 0.4) is 0 Å². The molecule has 0 saturated heterocycles. The molecule has 0 saturated carbocycles. The van der Waals surface area contributed by atoms with Crippen molar-refractivity contribution < 1.29 is 8.42 Å². The predicted molar refractivity (Wildman–Crippen MR) is 71.0 cm³/mol. The summed E-state index contributed by atoms with van der Waals surface area (Å²) in [7, 11) is -3.57. The van der Waals surface area contributed by atoms with E-state index >= 15 is 0 Å². The standard InChI is InChI=1S/C13H14N2O2S/c1-10-6-7-12(9-11(10)2)18(16,17)15-13-5-3-4-8-14-13/h3-9H,1-2H3,(H,14,15). The van der Waals surface area contributed by atoms with Gasteiger partial charge in [0.05, 0.1) is 4.90 Å². The fourth-order valence-electron chi connectivity index (χ4n) is 1.50. The van der Waals surface area contributed by atoms with Crippen molar-refractivity contribution >= 4 is 15.8 Å². The number of aromatic nitrogens is 1. The van der Waals surface area contributed by atoms with Crippen molar-refractivity contribution in [3.8, 4) is 0 Å². The van der Waals surface area contributed by atoms with Crippen molar-refractivity contribution in [1.82, 2.24) is 4.98 Å². The molecule has 0 bridgehead atoms. The lowest BCUT2D eigenvalue weighted by molar-refractivity contribution is 0.601. The summed E-state index contributed by atoms with van der Waals surface area (Å²) < 4.78 is 26.7. The molecule has 18 heavy (non-hydrogen) atoms. The number of pyridine rings is 1. The van der Waals surface area contributed by atoms with Crippen molar-refractivity contribution in [3.05, 3.63) is 53.7 Å². The molecule has 0 amide bonds. The molecule has 5 heteroatoms. The first-order valence-corrected chi connectivity index (χ1v) is 6.98. The van der Waals surface area contributed by atoms with Crippen LogP contribution in [-0.4, -0.2) is 13.4 Å². The van der Waals surface area contributed by atoms with Gasteiger partial charge in [0.2, 0.25) is 0 Å². The number of sulfonamides is 1. The minimum absolute atomic E-state index is 0.247. The van der Waals surface area contributed by atoms with Gasteiger partial charge in [-0.05, 0) is 49.2 Å². The van der Waals surface area contributed by atoms with E-state index in [1.807, 2.05) is 13.8 Å². The molecule has 94 valence electrons. The van der Waals surface area contributed by atoms with E-state index in [2.05, 4.69) is 9.71 Å². The molecular weight excluding hydrogens is 248 g/mol. The predicted octanol–water partition coefficient (Wildman–Crippen LogP) is 2.50. The van der Waals surface area contributed by atoms with Gasteiger partial charge in [0.1, 0.15) is 5.82 Å². The second-order valence-electron chi connectivity index (χ2n) is 4.07. The smallest absolute Gasteiger partial charge is 0.263 e. The molecule has 0 radical (unpaired) electrons. The van der Waals surface area contributed by atoms with Gasteiger partial charge in [-0.3, -0.25) is 4.72 Å². The van der Waals surface area contributed by atoms with E-state index < -0.39 is 10.0 Å². The highest BCUT2D eigenvalue weighted by atomic mass is 32.2. The van der Waals surface area contributed by atoms with Gasteiger partial charge >= 0.3 is 0 Å². The minimum Gasteiger partial charge on any atom is -0.263 e. The lowest BCUT2D eigenvalue weighted by atomic mass is 10.1. The number of aryl methyl sites for hydroxylation is 2. The van der Waals surface area contributed by atoms with Crippen molar-refractivity contribution in [3.63, 3.8) is 0 Å². The lowest BCUT2D eigenvalue weighted by Gasteiger charge is -2.08.